The first-order chi connectivity index (χ1) is 17.0. The first-order valence-corrected chi connectivity index (χ1v) is 16.7. The van der Waals surface area contributed by atoms with Crippen LogP contribution >= 0.6 is 0 Å². The number of amides is 1. The fraction of sp³-hybridized carbons (Fsp3) is 0.536. The Morgan fingerprint density at radius 3 is 2.47 bits per heavy atom. The van der Waals surface area contributed by atoms with E-state index in [1.165, 1.54) is 0 Å². The predicted molar refractivity (Wildman–Crippen MR) is 147 cm³/mol. The lowest BCUT2D eigenvalue weighted by Crippen LogP contribution is -2.41. The summed E-state index contributed by atoms with van der Waals surface area (Å²) in [7, 11) is -1.12. The van der Waals surface area contributed by atoms with Crippen molar-refractivity contribution in [2.75, 3.05) is 6.61 Å². The van der Waals surface area contributed by atoms with Crippen LogP contribution in [-0.2, 0) is 11.5 Å². The molecule has 0 unspecified atom stereocenters. The van der Waals surface area contributed by atoms with Crippen LogP contribution in [0.25, 0.3) is 22.2 Å². The maximum absolute atomic E-state index is 12.8. The fourth-order valence-electron chi connectivity index (χ4n) is 4.86. The molecule has 8 heteroatoms. The summed E-state index contributed by atoms with van der Waals surface area (Å²) in [6.07, 6.45) is 7.29. The van der Waals surface area contributed by atoms with Gasteiger partial charge in [-0.1, -0.05) is 31.8 Å². The van der Waals surface area contributed by atoms with Gasteiger partial charge in [0.15, 0.2) is 0 Å². The SMILES string of the molecule is CC(C)(O)[C@H]1CC[C@H](NC(=O)c2ccc(-c3nccc4c3cnn4COCC[Si](C)(C)C)cc2)CC1. The first kappa shape index (κ1) is 26.5. The molecular weight excluding hydrogens is 468 g/mol. The van der Waals surface area contributed by atoms with E-state index < -0.39 is 13.7 Å². The lowest BCUT2D eigenvalue weighted by Gasteiger charge is -2.36. The number of nitrogens with zero attached hydrogens (tertiary/aromatic N) is 3. The number of fused-ring (bicyclic) bond motifs is 1. The van der Waals surface area contributed by atoms with E-state index in [2.05, 4.69) is 35.0 Å². The van der Waals surface area contributed by atoms with Crippen LogP contribution < -0.4 is 5.32 Å². The molecule has 3 aromatic rings. The molecule has 2 N–H and O–H groups in total. The van der Waals surface area contributed by atoms with E-state index in [9.17, 15) is 9.90 Å². The number of rotatable bonds is 9. The van der Waals surface area contributed by atoms with Crippen molar-refractivity contribution in [1.29, 1.82) is 0 Å². The van der Waals surface area contributed by atoms with Crippen LogP contribution in [-0.4, -0.2) is 52.1 Å². The van der Waals surface area contributed by atoms with Crippen LogP contribution in [0.15, 0.2) is 42.7 Å². The summed E-state index contributed by atoms with van der Waals surface area (Å²) < 4.78 is 7.77. The van der Waals surface area contributed by atoms with Gasteiger partial charge in [-0.15, -0.1) is 0 Å². The van der Waals surface area contributed by atoms with E-state index in [0.29, 0.717) is 18.2 Å². The van der Waals surface area contributed by atoms with Crippen LogP contribution in [0.3, 0.4) is 0 Å². The molecule has 36 heavy (non-hydrogen) atoms. The molecule has 0 radical (unpaired) electrons. The highest BCUT2D eigenvalue weighted by molar-refractivity contribution is 6.76. The molecule has 0 spiro atoms. The number of carbonyl (C=O) groups is 1. The second-order valence-corrected chi connectivity index (χ2v) is 17.5. The van der Waals surface area contributed by atoms with Crippen molar-refractivity contribution < 1.29 is 14.6 Å². The highest BCUT2D eigenvalue weighted by Gasteiger charge is 2.31. The fourth-order valence-corrected chi connectivity index (χ4v) is 5.62. The van der Waals surface area contributed by atoms with E-state index in [1.54, 1.807) is 6.20 Å². The van der Waals surface area contributed by atoms with Crippen LogP contribution in [0.5, 0.6) is 0 Å². The highest BCUT2D eigenvalue weighted by atomic mass is 28.3. The van der Waals surface area contributed by atoms with Gasteiger partial charge >= 0.3 is 0 Å². The number of pyridine rings is 1. The van der Waals surface area contributed by atoms with Crippen molar-refractivity contribution in [3.63, 3.8) is 0 Å². The average molecular weight is 509 g/mol. The summed E-state index contributed by atoms with van der Waals surface area (Å²) in [5, 5.41) is 18.9. The Morgan fingerprint density at radius 1 is 1.14 bits per heavy atom. The molecule has 1 amide bonds. The second-order valence-electron chi connectivity index (χ2n) is 11.8. The molecule has 1 fully saturated rings. The van der Waals surface area contributed by atoms with Crippen molar-refractivity contribution >= 4 is 24.9 Å². The third kappa shape index (κ3) is 6.60. The Labute approximate surface area is 215 Å². The van der Waals surface area contributed by atoms with Gasteiger partial charge < -0.3 is 15.2 Å². The van der Waals surface area contributed by atoms with E-state index in [-0.39, 0.29) is 11.9 Å². The van der Waals surface area contributed by atoms with Gasteiger partial charge in [-0.3, -0.25) is 9.78 Å². The standard InChI is InChI=1S/C28H40N4O3Si/c1-28(2,34)22-10-12-23(13-11-22)31-27(33)21-8-6-20(7-9-21)26-24-18-30-32(25(24)14-15-29-26)19-35-16-17-36(3,4)5/h6-9,14-15,18,22-23,34H,10-13,16-17,19H2,1-5H3,(H,31,33)/t22-,23-. The Bertz CT molecular complexity index is 1170. The Hall–Kier alpha value is -2.55. The molecule has 0 saturated heterocycles. The number of hydrogen-bond donors (Lipinski definition) is 2. The van der Waals surface area contributed by atoms with E-state index in [1.807, 2.05) is 55.1 Å². The number of carbonyl (C=O) groups excluding carboxylic acids is 1. The van der Waals surface area contributed by atoms with Gasteiger partial charge in [0, 0.05) is 43.4 Å². The van der Waals surface area contributed by atoms with Gasteiger partial charge in [0.05, 0.1) is 23.0 Å². The molecule has 0 atom stereocenters. The first-order valence-electron chi connectivity index (χ1n) is 13.0. The van der Waals surface area contributed by atoms with E-state index >= 15 is 0 Å². The van der Waals surface area contributed by atoms with E-state index in [0.717, 1.165) is 60.5 Å². The number of benzene rings is 1. The molecule has 1 saturated carbocycles. The monoisotopic (exact) mass is 508 g/mol. The quantitative estimate of drug-likeness (QED) is 0.295. The maximum atomic E-state index is 12.8. The topological polar surface area (TPSA) is 89.3 Å². The summed E-state index contributed by atoms with van der Waals surface area (Å²) in [6.45, 7) is 12.0. The smallest absolute Gasteiger partial charge is 0.251 e. The summed E-state index contributed by atoms with van der Waals surface area (Å²) in [5.74, 6) is 0.240. The zero-order valence-corrected chi connectivity index (χ0v) is 23.3. The third-order valence-corrected chi connectivity index (χ3v) is 8.97. The van der Waals surface area contributed by atoms with Gasteiger partial charge in [-0.05, 0) is 69.7 Å². The zero-order valence-electron chi connectivity index (χ0n) is 22.3. The maximum Gasteiger partial charge on any atom is 0.251 e. The van der Waals surface area contributed by atoms with Crippen molar-refractivity contribution in [2.45, 2.75) is 83.6 Å². The number of aromatic nitrogens is 3. The lowest BCUT2D eigenvalue weighted by atomic mass is 9.77. The van der Waals surface area contributed by atoms with Gasteiger partial charge in [0.25, 0.3) is 5.91 Å². The average Bonchev–Trinajstić information content (AvgIpc) is 3.24. The van der Waals surface area contributed by atoms with Gasteiger partial charge in [-0.2, -0.15) is 5.10 Å². The summed E-state index contributed by atoms with van der Waals surface area (Å²) >= 11 is 0. The zero-order chi connectivity index (χ0) is 25.9. The van der Waals surface area contributed by atoms with Crippen LogP contribution in [0.2, 0.25) is 25.7 Å². The minimum atomic E-state index is -1.12. The molecule has 2 heterocycles. The minimum Gasteiger partial charge on any atom is -0.390 e. The van der Waals surface area contributed by atoms with Crippen LogP contribution in [0.1, 0.15) is 49.9 Å². The Morgan fingerprint density at radius 2 is 1.83 bits per heavy atom. The summed E-state index contributed by atoms with van der Waals surface area (Å²) in [6, 6.07) is 10.9. The Kier molecular flexibility index (Phi) is 7.97. The molecule has 194 valence electrons. The largest absolute Gasteiger partial charge is 0.390 e. The van der Waals surface area contributed by atoms with Gasteiger partial charge in [-0.25, -0.2) is 4.68 Å². The molecule has 2 aromatic heterocycles. The van der Waals surface area contributed by atoms with Gasteiger partial charge in [0.2, 0.25) is 0 Å². The molecule has 7 nitrogen and oxygen atoms in total. The van der Waals surface area contributed by atoms with Crippen molar-refractivity contribution in [3.8, 4) is 11.3 Å². The molecular formula is C28H40N4O3Si. The van der Waals surface area contributed by atoms with E-state index in [4.69, 9.17) is 4.74 Å². The molecule has 0 aliphatic heterocycles. The molecule has 1 aliphatic rings. The molecule has 4 rings (SSSR count). The number of aliphatic hydroxyl groups is 1. The molecule has 1 aromatic carbocycles. The molecule has 0 bridgehead atoms. The summed E-state index contributed by atoms with van der Waals surface area (Å²) in [4.78, 5) is 17.4. The summed E-state index contributed by atoms with van der Waals surface area (Å²) in [5.41, 5.74) is 2.76. The second kappa shape index (κ2) is 10.8. The minimum absolute atomic E-state index is 0.0530. The van der Waals surface area contributed by atoms with Crippen molar-refractivity contribution in [2.24, 2.45) is 5.92 Å². The van der Waals surface area contributed by atoms with Crippen molar-refractivity contribution in [1.82, 2.24) is 20.1 Å². The number of hydrogen-bond acceptors (Lipinski definition) is 5. The number of nitrogens with one attached hydrogen (secondary N) is 1. The molecule has 1 aliphatic carbocycles. The number of ether oxygens (including phenoxy) is 1. The highest BCUT2D eigenvalue weighted by Crippen LogP contribution is 2.32. The van der Waals surface area contributed by atoms with Crippen molar-refractivity contribution in [3.05, 3.63) is 48.3 Å². The van der Waals surface area contributed by atoms with Gasteiger partial charge in [0.1, 0.15) is 6.73 Å². The Balaban J connectivity index is 1.39. The third-order valence-electron chi connectivity index (χ3n) is 7.26. The van der Waals surface area contributed by atoms with Crippen LogP contribution in [0, 0.1) is 5.92 Å². The predicted octanol–water partition coefficient (Wildman–Crippen LogP) is 5.47. The normalized spacial score (nSPS) is 18.9. The van der Waals surface area contributed by atoms with Crippen LogP contribution in [0.4, 0.5) is 0 Å². The lowest BCUT2D eigenvalue weighted by molar-refractivity contribution is -0.00257.